The van der Waals surface area contributed by atoms with E-state index in [1.807, 2.05) is 0 Å². The Morgan fingerprint density at radius 2 is 1.57 bits per heavy atom. The molecule has 0 aromatic carbocycles. The molecular weight excluding hydrogens is 172 g/mol. The van der Waals surface area contributed by atoms with Crippen LogP contribution in [-0.2, 0) is 0 Å². The highest BCUT2D eigenvalue weighted by Gasteiger charge is 2.27. The van der Waals surface area contributed by atoms with Gasteiger partial charge in [0.2, 0.25) is 0 Å². The Hall–Kier alpha value is -0.0800. The van der Waals surface area contributed by atoms with Gasteiger partial charge in [-0.05, 0) is 25.7 Å². The molecule has 2 aliphatic rings. The Morgan fingerprint density at radius 3 is 2.14 bits per heavy atom. The van der Waals surface area contributed by atoms with Gasteiger partial charge in [-0.2, -0.15) is 0 Å². The van der Waals surface area contributed by atoms with Crippen LogP contribution >= 0.6 is 0 Å². The summed E-state index contributed by atoms with van der Waals surface area (Å²) in [6.07, 6.45) is 10.7. The van der Waals surface area contributed by atoms with E-state index in [4.69, 9.17) is 0 Å². The fraction of sp³-hybridized carbons (Fsp3) is 1.00. The predicted octanol–water partition coefficient (Wildman–Crippen LogP) is 2.25. The van der Waals surface area contributed by atoms with Crippen LogP contribution in [0, 0.1) is 5.92 Å². The molecule has 1 aliphatic heterocycles. The molecule has 0 aromatic heterocycles. The summed E-state index contributed by atoms with van der Waals surface area (Å²) in [6, 6.07) is 0.672. The molecule has 1 aliphatic carbocycles. The van der Waals surface area contributed by atoms with Crippen molar-refractivity contribution in [3.8, 4) is 0 Å². The van der Waals surface area contributed by atoms with Crippen molar-refractivity contribution in [2.24, 2.45) is 5.92 Å². The lowest BCUT2D eigenvalue weighted by molar-refractivity contribution is 0.284. The molecule has 1 saturated heterocycles. The van der Waals surface area contributed by atoms with E-state index in [1.165, 1.54) is 44.9 Å². The van der Waals surface area contributed by atoms with Gasteiger partial charge in [0.25, 0.3) is 0 Å². The molecule has 2 unspecified atom stereocenters. The van der Waals surface area contributed by atoms with Gasteiger partial charge in [-0.25, -0.2) is 0 Å². The van der Waals surface area contributed by atoms with Crippen molar-refractivity contribution in [3.05, 3.63) is 0 Å². The molecule has 1 heterocycles. The van der Waals surface area contributed by atoms with Crippen molar-refractivity contribution in [1.82, 2.24) is 10.6 Å². The molecule has 2 nitrogen and oxygen atoms in total. The number of hydrogen-bond acceptors (Lipinski definition) is 2. The molecule has 2 fully saturated rings. The summed E-state index contributed by atoms with van der Waals surface area (Å²) < 4.78 is 0. The van der Waals surface area contributed by atoms with E-state index in [0.717, 1.165) is 12.5 Å². The second kappa shape index (κ2) is 5.13. The van der Waals surface area contributed by atoms with E-state index in [0.29, 0.717) is 12.2 Å². The Labute approximate surface area is 87.8 Å². The average Bonchev–Trinajstić information content (AvgIpc) is 2.51. The van der Waals surface area contributed by atoms with Crippen molar-refractivity contribution in [1.29, 1.82) is 0 Å². The summed E-state index contributed by atoms with van der Waals surface area (Å²) in [5.74, 6) is 0.889. The maximum atomic E-state index is 3.66. The minimum absolute atomic E-state index is 0.614. The Bertz CT molecular complexity index is 162. The molecule has 2 N–H and O–H groups in total. The molecular formula is C12H24N2. The van der Waals surface area contributed by atoms with E-state index in [9.17, 15) is 0 Å². The van der Waals surface area contributed by atoms with Crippen LogP contribution in [0.1, 0.15) is 51.9 Å². The van der Waals surface area contributed by atoms with Crippen LogP contribution in [0.2, 0.25) is 0 Å². The Balaban J connectivity index is 1.81. The van der Waals surface area contributed by atoms with E-state index < -0.39 is 0 Å². The largest absolute Gasteiger partial charge is 0.300 e. The molecule has 1 saturated carbocycles. The van der Waals surface area contributed by atoms with Crippen molar-refractivity contribution in [2.75, 3.05) is 6.54 Å². The molecule has 2 atom stereocenters. The molecule has 2 heteroatoms. The van der Waals surface area contributed by atoms with Crippen LogP contribution in [0.4, 0.5) is 0 Å². The van der Waals surface area contributed by atoms with E-state index in [-0.39, 0.29) is 0 Å². The normalized spacial score (nSPS) is 36.6. The number of rotatable bonds is 1. The second-order valence-corrected chi connectivity index (χ2v) is 5.06. The van der Waals surface area contributed by atoms with E-state index in [1.54, 1.807) is 0 Å². The average molecular weight is 196 g/mol. The third-order valence-electron chi connectivity index (χ3n) is 3.73. The fourth-order valence-corrected chi connectivity index (χ4v) is 2.85. The zero-order valence-electron chi connectivity index (χ0n) is 9.39. The first kappa shape index (κ1) is 10.4. The molecule has 82 valence electrons. The lowest BCUT2D eigenvalue weighted by atomic mass is 9.89. The van der Waals surface area contributed by atoms with E-state index >= 15 is 0 Å². The van der Waals surface area contributed by atoms with Crippen molar-refractivity contribution in [2.45, 2.75) is 64.1 Å². The van der Waals surface area contributed by atoms with Crippen LogP contribution in [0.5, 0.6) is 0 Å². The maximum Gasteiger partial charge on any atom is 0.0603 e. The van der Waals surface area contributed by atoms with Gasteiger partial charge in [0.1, 0.15) is 0 Å². The highest BCUT2D eigenvalue weighted by atomic mass is 15.2. The number of hydrogen-bond donors (Lipinski definition) is 2. The summed E-state index contributed by atoms with van der Waals surface area (Å²) in [6.45, 7) is 3.43. The van der Waals surface area contributed by atoms with Gasteiger partial charge in [0.15, 0.2) is 0 Å². The van der Waals surface area contributed by atoms with Gasteiger partial charge >= 0.3 is 0 Å². The molecule has 0 amide bonds. The zero-order valence-corrected chi connectivity index (χ0v) is 9.39. The van der Waals surface area contributed by atoms with Crippen molar-refractivity contribution >= 4 is 0 Å². The highest BCUT2D eigenvalue weighted by Crippen LogP contribution is 2.25. The highest BCUT2D eigenvalue weighted by molar-refractivity contribution is 4.85. The molecule has 0 bridgehead atoms. The maximum absolute atomic E-state index is 3.66. The monoisotopic (exact) mass is 196 g/mol. The Morgan fingerprint density at radius 1 is 0.929 bits per heavy atom. The van der Waals surface area contributed by atoms with Crippen molar-refractivity contribution < 1.29 is 0 Å². The molecule has 14 heavy (non-hydrogen) atoms. The zero-order chi connectivity index (χ0) is 9.80. The number of nitrogens with one attached hydrogen (secondary N) is 2. The predicted molar refractivity (Wildman–Crippen MR) is 60.2 cm³/mol. The first-order chi connectivity index (χ1) is 6.86. The minimum atomic E-state index is 0.614. The molecule has 0 spiro atoms. The third kappa shape index (κ3) is 2.71. The van der Waals surface area contributed by atoms with Gasteiger partial charge in [0, 0.05) is 12.6 Å². The van der Waals surface area contributed by atoms with Crippen LogP contribution in [-0.4, -0.2) is 18.8 Å². The smallest absolute Gasteiger partial charge is 0.0603 e. The molecule has 0 radical (unpaired) electrons. The fourth-order valence-electron chi connectivity index (χ4n) is 2.85. The Kier molecular flexibility index (Phi) is 3.82. The van der Waals surface area contributed by atoms with Crippen LogP contribution in [0.15, 0.2) is 0 Å². The van der Waals surface area contributed by atoms with Crippen LogP contribution in [0.25, 0.3) is 0 Å². The second-order valence-electron chi connectivity index (χ2n) is 5.06. The van der Waals surface area contributed by atoms with Crippen LogP contribution < -0.4 is 10.6 Å². The van der Waals surface area contributed by atoms with Gasteiger partial charge in [0.05, 0.1) is 6.17 Å². The lowest BCUT2D eigenvalue weighted by Gasteiger charge is -2.26. The van der Waals surface area contributed by atoms with Gasteiger partial charge in [-0.1, -0.05) is 32.1 Å². The summed E-state index contributed by atoms with van der Waals surface area (Å²) in [5.41, 5.74) is 0. The topological polar surface area (TPSA) is 24.1 Å². The standard InChI is InChI=1S/C12H24N2/c1-10-9-13-12(14-10)11-7-5-3-2-4-6-8-11/h10-14H,2-9H2,1H3. The van der Waals surface area contributed by atoms with Crippen LogP contribution in [0.3, 0.4) is 0 Å². The first-order valence-electron chi connectivity index (χ1n) is 6.36. The van der Waals surface area contributed by atoms with Gasteiger partial charge in [-0.15, -0.1) is 0 Å². The summed E-state index contributed by atoms with van der Waals surface area (Å²) in [5, 5.41) is 7.27. The lowest BCUT2D eigenvalue weighted by Crippen LogP contribution is -2.40. The van der Waals surface area contributed by atoms with Gasteiger partial charge < -0.3 is 5.32 Å². The quantitative estimate of drug-likeness (QED) is 0.672. The summed E-state index contributed by atoms with van der Waals surface area (Å²) >= 11 is 0. The third-order valence-corrected chi connectivity index (χ3v) is 3.73. The summed E-state index contributed by atoms with van der Waals surface area (Å²) in [4.78, 5) is 0. The molecule has 0 aromatic rings. The minimum Gasteiger partial charge on any atom is -0.300 e. The first-order valence-corrected chi connectivity index (χ1v) is 6.36. The SMILES string of the molecule is CC1CNC(C2CCCCCCC2)N1. The van der Waals surface area contributed by atoms with Crippen molar-refractivity contribution in [3.63, 3.8) is 0 Å². The van der Waals surface area contributed by atoms with Gasteiger partial charge in [-0.3, -0.25) is 5.32 Å². The summed E-state index contributed by atoms with van der Waals surface area (Å²) in [7, 11) is 0. The van der Waals surface area contributed by atoms with E-state index in [2.05, 4.69) is 17.6 Å². The molecule has 2 rings (SSSR count).